The highest BCUT2D eigenvalue weighted by molar-refractivity contribution is 7.92. The summed E-state index contributed by atoms with van der Waals surface area (Å²) in [5.41, 5.74) is 0.576. The topological polar surface area (TPSA) is 86.8 Å². The van der Waals surface area contributed by atoms with Gasteiger partial charge in [0.25, 0.3) is 0 Å². The first-order chi connectivity index (χ1) is 16.1. The third-order valence-electron chi connectivity index (χ3n) is 5.93. The Labute approximate surface area is 198 Å². The molecule has 2 aromatic carbocycles. The molecule has 2 amide bonds. The smallest absolute Gasteiger partial charge is 0.244 e. The Morgan fingerprint density at radius 3 is 2.29 bits per heavy atom. The molecule has 0 unspecified atom stereocenters. The van der Waals surface area contributed by atoms with Gasteiger partial charge in [0.2, 0.25) is 21.8 Å². The fourth-order valence-corrected chi connectivity index (χ4v) is 4.85. The zero-order valence-corrected chi connectivity index (χ0v) is 20.0. The lowest BCUT2D eigenvalue weighted by Gasteiger charge is -2.32. The van der Waals surface area contributed by atoms with Gasteiger partial charge in [0.1, 0.15) is 12.6 Å². The van der Waals surface area contributed by atoms with E-state index in [2.05, 4.69) is 5.32 Å². The van der Waals surface area contributed by atoms with Crippen molar-refractivity contribution in [1.29, 1.82) is 0 Å². The summed E-state index contributed by atoms with van der Waals surface area (Å²) < 4.78 is 52.8. The van der Waals surface area contributed by atoms with Crippen LogP contribution in [0.4, 0.5) is 14.5 Å². The van der Waals surface area contributed by atoms with Crippen molar-refractivity contribution >= 4 is 27.5 Å². The van der Waals surface area contributed by atoms with E-state index in [0.29, 0.717) is 4.31 Å². The Morgan fingerprint density at radius 1 is 1.06 bits per heavy atom. The first kappa shape index (κ1) is 25.6. The number of rotatable bonds is 9. The lowest BCUT2D eigenvalue weighted by molar-refractivity contribution is -0.139. The molecule has 0 bridgehead atoms. The van der Waals surface area contributed by atoms with Crippen molar-refractivity contribution in [3.05, 3.63) is 65.7 Å². The van der Waals surface area contributed by atoms with E-state index < -0.39 is 40.2 Å². The predicted molar refractivity (Wildman–Crippen MR) is 125 cm³/mol. The van der Waals surface area contributed by atoms with Gasteiger partial charge in [0, 0.05) is 18.7 Å². The molecule has 1 atom stereocenters. The van der Waals surface area contributed by atoms with Crippen LogP contribution in [0.5, 0.6) is 0 Å². The summed E-state index contributed by atoms with van der Waals surface area (Å²) in [6.07, 6.45) is 4.69. The summed E-state index contributed by atoms with van der Waals surface area (Å²) in [6, 6.07) is 10.8. The molecule has 2 aromatic rings. The monoisotopic (exact) mass is 493 g/mol. The van der Waals surface area contributed by atoms with Crippen molar-refractivity contribution in [1.82, 2.24) is 10.2 Å². The van der Waals surface area contributed by atoms with E-state index in [-0.39, 0.29) is 24.2 Å². The van der Waals surface area contributed by atoms with Gasteiger partial charge in [0.05, 0.1) is 11.9 Å². The number of carbonyl (C=O) groups excluding carboxylic acids is 2. The molecule has 1 aliphatic rings. The van der Waals surface area contributed by atoms with E-state index in [0.717, 1.165) is 55.7 Å². The highest BCUT2D eigenvalue weighted by atomic mass is 32.2. The van der Waals surface area contributed by atoms with E-state index in [9.17, 15) is 26.8 Å². The van der Waals surface area contributed by atoms with Gasteiger partial charge < -0.3 is 10.2 Å². The Hall–Kier alpha value is -3.01. The number of nitrogens with one attached hydrogen (secondary N) is 1. The lowest BCUT2D eigenvalue weighted by Crippen LogP contribution is -2.52. The Bertz CT molecular complexity index is 1120. The van der Waals surface area contributed by atoms with Gasteiger partial charge in [-0.05, 0) is 37.5 Å². The molecule has 34 heavy (non-hydrogen) atoms. The number of halogens is 2. The molecule has 0 heterocycles. The minimum atomic E-state index is -4.02. The maximum absolute atomic E-state index is 13.8. The molecular weight excluding hydrogens is 464 g/mol. The van der Waals surface area contributed by atoms with Crippen LogP contribution < -0.4 is 9.62 Å². The van der Waals surface area contributed by atoms with Crippen molar-refractivity contribution in [3.8, 4) is 0 Å². The standard InChI is InChI=1S/C24H29F2N3O4S/c1-17(24(31)27-19-10-6-7-11-19)28(15-18-8-4-3-5-9-18)23(30)16-29(34(2,32)33)20-12-13-21(25)22(26)14-20/h3-5,8-9,12-14,17,19H,6-7,10-11,15-16H2,1-2H3,(H,27,31)/t17-/m0/s1. The zero-order valence-electron chi connectivity index (χ0n) is 19.2. The first-order valence-corrected chi connectivity index (χ1v) is 13.0. The Morgan fingerprint density at radius 2 is 1.71 bits per heavy atom. The molecule has 1 N–H and O–H groups in total. The number of benzene rings is 2. The first-order valence-electron chi connectivity index (χ1n) is 11.1. The van der Waals surface area contributed by atoms with Crippen LogP contribution in [0.3, 0.4) is 0 Å². The summed E-state index contributed by atoms with van der Waals surface area (Å²) in [5, 5.41) is 2.97. The fourth-order valence-electron chi connectivity index (χ4n) is 4.01. The maximum Gasteiger partial charge on any atom is 0.244 e. The SMILES string of the molecule is C[C@@H](C(=O)NC1CCCC1)N(Cc1ccccc1)C(=O)CN(c1ccc(F)c(F)c1)S(C)(=O)=O. The third kappa shape index (κ3) is 6.53. The average Bonchev–Trinajstić information content (AvgIpc) is 3.30. The predicted octanol–water partition coefficient (Wildman–Crippen LogP) is 3.21. The minimum Gasteiger partial charge on any atom is -0.352 e. The molecule has 0 aromatic heterocycles. The number of hydrogen-bond donors (Lipinski definition) is 1. The molecule has 1 saturated carbocycles. The Kier molecular flexibility index (Phi) is 8.24. The number of amides is 2. The van der Waals surface area contributed by atoms with E-state index in [1.807, 2.05) is 6.07 Å². The van der Waals surface area contributed by atoms with Crippen LogP contribution >= 0.6 is 0 Å². The van der Waals surface area contributed by atoms with Crippen LogP contribution in [0, 0.1) is 11.6 Å². The molecule has 7 nitrogen and oxygen atoms in total. The summed E-state index contributed by atoms with van der Waals surface area (Å²) >= 11 is 0. The van der Waals surface area contributed by atoms with E-state index in [4.69, 9.17) is 0 Å². The third-order valence-corrected chi connectivity index (χ3v) is 7.08. The fraction of sp³-hybridized carbons (Fsp3) is 0.417. The molecular formula is C24H29F2N3O4S. The van der Waals surface area contributed by atoms with E-state index >= 15 is 0 Å². The van der Waals surface area contributed by atoms with E-state index in [1.54, 1.807) is 31.2 Å². The number of hydrogen-bond acceptors (Lipinski definition) is 4. The van der Waals surface area contributed by atoms with Crippen molar-refractivity contribution in [3.63, 3.8) is 0 Å². The van der Waals surface area contributed by atoms with Crippen molar-refractivity contribution in [2.75, 3.05) is 17.1 Å². The largest absolute Gasteiger partial charge is 0.352 e. The number of nitrogens with zero attached hydrogens (tertiary/aromatic N) is 2. The number of anilines is 1. The second-order valence-electron chi connectivity index (χ2n) is 8.54. The summed E-state index contributed by atoms with van der Waals surface area (Å²) in [5.74, 6) is -3.33. The summed E-state index contributed by atoms with van der Waals surface area (Å²) in [7, 11) is -4.02. The molecule has 184 valence electrons. The van der Waals surface area contributed by atoms with Crippen LogP contribution in [0.25, 0.3) is 0 Å². The zero-order chi connectivity index (χ0) is 24.9. The summed E-state index contributed by atoms with van der Waals surface area (Å²) in [6.45, 7) is 1.000. The maximum atomic E-state index is 13.8. The van der Waals surface area contributed by atoms with Crippen LogP contribution in [0.2, 0.25) is 0 Å². The van der Waals surface area contributed by atoms with Gasteiger partial charge in [-0.25, -0.2) is 17.2 Å². The molecule has 0 aliphatic heterocycles. The molecule has 10 heteroatoms. The van der Waals surface area contributed by atoms with Crippen LogP contribution in [0.1, 0.15) is 38.2 Å². The van der Waals surface area contributed by atoms with Gasteiger partial charge in [0.15, 0.2) is 11.6 Å². The quantitative estimate of drug-likeness (QED) is 0.581. The van der Waals surface area contributed by atoms with Crippen molar-refractivity contribution in [2.45, 2.75) is 51.2 Å². The number of carbonyl (C=O) groups is 2. The van der Waals surface area contributed by atoms with Crippen LogP contribution in [-0.4, -0.2) is 50.0 Å². The Balaban J connectivity index is 1.87. The van der Waals surface area contributed by atoms with E-state index in [1.165, 1.54) is 4.90 Å². The molecule has 1 fully saturated rings. The minimum absolute atomic E-state index is 0.0540. The average molecular weight is 494 g/mol. The molecule has 0 radical (unpaired) electrons. The summed E-state index contributed by atoms with van der Waals surface area (Å²) in [4.78, 5) is 27.6. The second kappa shape index (κ2) is 10.9. The number of sulfonamides is 1. The highest BCUT2D eigenvalue weighted by Crippen LogP contribution is 2.22. The molecule has 1 aliphatic carbocycles. The van der Waals surface area contributed by atoms with Gasteiger partial charge in [-0.2, -0.15) is 0 Å². The highest BCUT2D eigenvalue weighted by Gasteiger charge is 2.31. The normalized spacial score (nSPS) is 15.1. The van der Waals surface area contributed by atoms with Crippen molar-refractivity contribution < 1.29 is 26.8 Å². The van der Waals surface area contributed by atoms with Gasteiger partial charge >= 0.3 is 0 Å². The van der Waals surface area contributed by atoms with Gasteiger partial charge in [-0.3, -0.25) is 13.9 Å². The van der Waals surface area contributed by atoms with Crippen LogP contribution in [-0.2, 0) is 26.2 Å². The van der Waals surface area contributed by atoms with Gasteiger partial charge in [-0.1, -0.05) is 43.2 Å². The van der Waals surface area contributed by atoms with Gasteiger partial charge in [-0.15, -0.1) is 0 Å². The second-order valence-corrected chi connectivity index (χ2v) is 10.4. The molecule has 3 rings (SSSR count). The lowest BCUT2D eigenvalue weighted by atomic mass is 10.1. The molecule has 0 saturated heterocycles. The van der Waals surface area contributed by atoms with Crippen LogP contribution in [0.15, 0.2) is 48.5 Å². The van der Waals surface area contributed by atoms with Crippen molar-refractivity contribution in [2.24, 2.45) is 0 Å². The molecule has 0 spiro atoms.